The van der Waals surface area contributed by atoms with Crippen molar-refractivity contribution in [3.8, 4) is 5.88 Å². The zero-order valence-corrected chi connectivity index (χ0v) is 17.3. The molecule has 1 heterocycles. The smallest absolute Gasteiger partial charge is 0.270 e. The van der Waals surface area contributed by atoms with E-state index in [1.165, 1.54) is 30.5 Å². The van der Waals surface area contributed by atoms with Gasteiger partial charge in [0.25, 0.3) is 5.69 Å². The van der Waals surface area contributed by atoms with Gasteiger partial charge in [-0.25, -0.2) is 4.99 Å². The molecule has 5 rings (SSSR count). The summed E-state index contributed by atoms with van der Waals surface area (Å²) in [5.41, 5.74) is 4.26. The van der Waals surface area contributed by atoms with Gasteiger partial charge in [0.2, 0.25) is 0 Å². The first-order valence-electron chi connectivity index (χ1n) is 10.5. The van der Waals surface area contributed by atoms with Crippen LogP contribution in [0.5, 0.6) is 5.88 Å². The Labute approximate surface area is 184 Å². The molecule has 0 radical (unpaired) electrons. The molecule has 7 nitrogen and oxygen atoms in total. The molecule has 3 N–H and O–H groups in total. The highest BCUT2D eigenvalue weighted by Gasteiger charge is 2.21. The van der Waals surface area contributed by atoms with Crippen molar-refractivity contribution < 1.29 is 10.0 Å². The number of nitrogens with zero attached hydrogens (tertiary/aromatic N) is 2. The fraction of sp³-hybridized carbons (Fsp3) is 0.160. The lowest BCUT2D eigenvalue weighted by atomic mass is 10.0. The first-order valence-corrected chi connectivity index (χ1v) is 10.5. The van der Waals surface area contributed by atoms with Crippen LogP contribution in [0.2, 0.25) is 0 Å². The van der Waals surface area contributed by atoms with Gasteiger partial charge >= 0.3 is 0 Å². The second-order valence-corrected chi connectivity index (χ2v) is 7.98. The molecule has 0 bridgehead atoms. The standard InChI is InChI=1S/C25H22N4O3/c30-25-23(21-14-20(29(31)32)12-13-22(21)28-25)24(17-4-2-1-3-5-17)27-19-8-6-16(7-9-19)15-26-18-10-11-18/h1-9,12-14,18,26,28,30H,10-11,15H2. The van der Waals surface area contributed by atoms with E-state index in [0.29, 0.717) is 28.2 Å². The summed E-state index contributed by atoms with van der Waals surface area (Å²) in [6, 6.07) is 22.6. The van der Waals surface area contributed by atoms with Crippen LogP contribution in [0.1, 0.15) is 29.5 Å². The maximum absolute atomic E-state index is 11.3. The number of rotatable bonds is 7. The highest BCUT2D eigenvalue weighted by atomic mass is 16.6. The SMILES string of the molecule is O=[N+]([O-])c1ccc2[nH]c(O)c(C(=Nc3ccc(CNC4CC4)cc3)c3ccccc3)c2c1. The molecule has 0 amide bonds. The van der Waals surface area contributed by atoms with Gasteiger partial charge in [0.1, 0.15) is 0 Å². The normalized spacial score (nSPS) is 14.1. The minimum atomic E-state index is -0.443. The molecular formula is C25H22N4O3. The van der Waals surface area contributed by atoms with Gasteiger partial charge in [0.15, 0.2) is 5.88 Å². The summed E-state index contributed by atoms with van der Waals surface area (Å²) in [6.07, 6.45) is 2.49. The molecule has 1 fully saturated rings. The Morgan fingerprint density at radius 2 is 1.84 bits per heavy atom. The van der Waals surface area contributed by atoms with Crippen LogP contribution in [-0.4, -0.2) is 26.8 Å². The highest BCUT2D eigenvalue weighted by Crippen LogP contribution is 2.33. The van der Waals surface area contributed by atoms with E-state index >= 15 is 0 Å². The number of aliphatic imine (C=N–C) groups is 1. The third kappa shape index (κ3) is 4.10. The molecule has 0 aliphatic heterocycles. The number of nitrogens with one attached hydrogen (secondary N) is 2. The number of non-ortho nitro benzene ring substituents is 1. The number of aromatic amines is 1. The maximum atomic E-state index is 11.3. The minimum absolute atomic E-state index is 0.0438. The van der Waals surface area contributed by atoms with Crippen LogP contribution in [0.3, 0.4) is 0 Å². The van der Waals surface area contributed by atoms with Crippen LogP contribution >= 0.6 is 0 Å². The monoisotopic (exact) mass is 426 g/mol. The van der Waals surface area contributed by atoms with Crippen molar-refractivity contribution in [3.63, 3.8) is 0 Å². The summed E-state index contributed by atoms with van der Waals surface area (Å²) in [6.45, 7) is 0.826. The molecule has 1 aliphatic carbocycles. The lowest BCUT2D eigenvalue weighted by molar-refractivity contribution is -0.384. The van der Waals surface area contributed by atoms with E-state index in [-0.39, 0.29) is 11.6 Å². The topological polar surface area (TPSA) is 104 Å². The molecule has 1 saturated carbocycles. The number of aromatic nitrogens is 1. The van der Waals surface area contributed by atoms with Crippen molar-refractivity contribution in [1.29, 1.82) is 0 Å². The number of fused-ring (bicyclic) bond motifs is 1. The molecule has 32 heavy (non-hydrogen) atoms. The summed E-state index contributed by atoms with van der Waals surface area (Å²) in [7, 11) is 0. The van der Waals surface area contributed by atoms with Crippen LogP contribution in [0.4, 0.5) is 11.4 Å². The average molecular weight is 426 g/mol. The van der Waals surface area contributed by atoms with Crippen molar-refractivity contribution in [2.45, 2.75) is 25.4 Å². The third-order valence-electron chi connectivity index (χ3n) is 5.61. The Morgan fingerprint density at radius 3 is 2.53 bits per heavy atom. The summed E-state index contributed by atoms with van der Waals surface area (Å²) < 4.78 is 0. The molecule has 0 spiro atoms. The van der Waals surface area contributed by atoms with Gasteiger partial charge in [0, 0.05) is 41.2 Å². The number of aromatic hydroxyl groups is 1. The Bertz CT molecular complexity index is 1310. The quantitative estimate of drug-likeness (QED) is 0.215. The van der Waals surface area contributed by atoms with Crippen molar-refractivity contribution >= 4 is 28.0 Å². The van der Waals surface area contributed by atoms with Crippen LogP contribution in [-0.2, 0) is 6.54 Å². The maximum Gasteiger partial charge on any atom is 0.270 e. The zero-order valence-electron chi connectivity index (χ0n) is 17.3. The van der Waals surface area contributed by atoms with E-state index in [2.05, 4.69) is 10.3 Å². The molecule has 1 aromatic heterocycles. The zero-order chi connectivity index (χ0) is 22.1. The second-order valence-electron chi connectivity index (χ2n) is 7.98. The Balaban J connectivity index is 1.60. The number of nitro groups is 1. The predicted octanol–water partition coefficient (Wildman–Crippen LogP) is 5.20. The summed E-state index contributed by atoms with van der Waals surface area (Å²) in [5, 5.41) is 26.1. The fourth-order valence-electron chi connectivity index (χ4n) is 3.75. The van der Waals surface area contributed by atoms with Crippen molar-refractivity contribution in [2.24, 2.45) is 4.99 Å². The van der Waals surface area contributed by atoms with E-state index in [1.807, 2.05) is 54.6 Å². The lowest BCUT2D eigenvalue weighted by Crippen LogP contribution is -2.14. The van der Waals surface area contributed by atoms with Crippen molar-refractivity contribution in [3.05, 3.63) is 99.6 Å². The van der Waals surface area contributed by atoms with Crippen molar-refractivity contribution in [1.82, 2.24) is 10.3 Å². The molecule has 160 valence electrons. The van der Waals surface area contributed by atoms with E-state index < -0.39 is 4.92 Å². The molecular weight excluding hydrogens is 404 g/mol. The van der Waals surface area contributed by atoms with Crippen LogP contribution in [0.15, 0.2) is 77.8 Å². The summed E-state index contributed by atoms with van der Waals surface area (Å²) >= 11 is 0. The van der Waals surface area contributed by atoms with Crippen LogP contribution in [0, 0.1) is 10.1 Å². The van der Waals surface area contributed by atoms with Crippen LogP contribution in [0.25, 0.3) is 10.9 Å². The number of hydrogen-bond acceptors (Lipinski definition) is 5. The Kier molecular flexibility index (Phi) is 5.17. The second kappa shape index (κ2) is 8.28. The van der Waals surface area contributed by atoms with E-state index in [1.54, 1.807) is 6.07 Å². The Morgan fingerprint density at radius 1 is 1.09 bits per heavy atom. The highest BCUT2D eigenvalue weighted by molar-refractivity contribution is 6.22. The number of hydrogen-bond donors (Lipinski definition) is 3. The molecule has 4 aromatic rings. The number of benzene rings is 3. The van der Waals surface area contributed by atoms with E-state index in [4.69, 9.17) is 4.99 Å². The van der Waals surface area contributed by atoms with Gasteiger partial charge in [-0.1, -0.05) is 42.5 Å². The molecule has 0 saturated heterocycles. The van der Waals surface area contributed by atoms with E-state index in [0.717, 1.165) is 17.8 Å². The first kappa shape index (κ1) is 20.0. The molecule has 0 atom stereocenters. The number of nitro benzene ring substituents is 1. The Hall–Kier alpha value is -3.97. The van der Waals surface area contributed by atoms with Crippen LogP contribution < -0.4 is 5.32 Å². The molecule has 3 aromatic carbocycles. The third-order valence-corrected chi connectivity index (χ3v) is 5.61. The fourth-order valence-corrected chi connectivity index (χ4v) is 3.75. The van der Waals surface area contributed by atoms with Crippen molar-refractivity contribution in [2.75, 3.05) is 0 Å². The summed E-state index contributed by atoms with van der Waals surface area (Å²) in [5.74, 6) is -0.0756. The number of H-pyrrole nitrogens is 1. The van der Waals surface area contributed by atoms with E-state index in [9.17, 15) is 15.2 Å². The first-order chi connectivity index (χ1) is 15.6. The minimum Gasteiger partial charge on any atom is -0.494 e. The van der Waals surface area contributed by atoms with Gasteiger partial charge in [-0.05, 0) is 36.6 Å². The van der Waals surface area contributed by atoms with Gasteiger partial charge in [-0.3, -0.25) is 10.1 Å². The molecule has 0 unspecified atom stereocenters. The average Bonchev–Trinajstić information content (AvgIpc) is 3.58. The van der Waals surface area contributed by atoms with Gasteiger partial charge in [-0.2, -0.15) is 0 Å². The predicted molar refractivity (Wildman–Crippen MR) is 125 cm³/mol. The van der Waals surface area contributed by atoms with Gasteiger partial charge in [-0.15, -0.1) is 0 Å². The lowest BCUT2D eigenvalue weighted by Gasteiger charge is -2.08. The summed E-state index contributed by atoms with van der Waals surface area (Å²) in [4.78, 5) is 18.6. The molecule has 1 aliphatic rings. The molecule has 7 heteroatoms. The largest absolute Gasteiger partial charge is 0.494 e. The van der Waals surface area contributed by atoms with Gasteiger partial charge in [0.05, 0.1) is 21.9 Å². The van der Waals surface area contributed by atoms with Gasteiger partial charge < -0.3 is 15.4 Å².